The van der Waals surface area contributed by atoms with Crippen LogP contribution in [0.4, 0.5) is 0 Å². The Bertz CT molecular complexity index is 702. The SMILES string of the molecule is CN(Cc1ccccc1)C(=O)CNC1(CO)CCc2ccccc21. The summed E-state index contributed by atoms with van der Waals surface area (Å²) >= 11 is 0. The number of nitrogens with one attached hydrogen (secondary N) is 1. The summed E-state index contributed by atoms with van der Waals surface area (Å²) in [5.41, 5.74) is 2.98. The van der Waals surface area contributed by atoms with Gasteiger partial charge < -0.3 is 10.0 Å². The van der Waals surface area contributed by atoms with Crippen LogP contribution < -0.4 is 5.32 Å². The summed E-state index contributed by atoms with van der Waals surface area (Å²) in [6.07, 6.45) is 1.75. The lowest BCUT2D eigenvalue weighted by Gasteiger charge is -2.30. The summed E-state index contributed by atoms with van der Waals surface area (Å²) in [5.74, 6) is 0.0241. The zero-order valence-electron chi connectivity index (χ0n) is 14.0. The lowest BCUT2D eigenvalue weighted by molar-refractivity contribution is -0.130. The highest BCUT2D eigenvalue weighted by Crippen LogP contribution is 2.36. The van der Waals surface area contributed by atoms with Crippen molar-refractivity contribution in [2.45, 2.75) is 24.9 Å². The van der Waals surface area contributed by atoms with Crippen molar-refractivity contribution in [3.63, 3.8) is 0 Å². The molecule has 2 aromatic rings. The first-order valence-corrected chi connectivity index (χ1v) is 8.37. The van der Waals surface area contributed by atoms with E-state index < -0.39 is 5.54 Å². The molecule has 4 nitrogen and oxygen atoms in total. The van der Waals surface area contributed by atoms with Gasteiger partial charge in [0, 0.05) is 13.6 Å². The van der Waals surface area contributed by atoms with Crippen LogP contribution in [0.25, 0.3) is 0 Å². The normalized spacial score (nSPS) is 19.1. The average molecular weight is 324 g/mol. The van der Waals surface area contributed by atoms with E-state index in [1.165, 1.54) is 5.56 Å². The molecule has 1 unspecified atom stereocenters. The number of rotatable bonds is 6. The summed E-state index contributed by atoms with van der Waals surface area (Å²) in [7, 11) is 1.81. The maximum absolute atomic E-state index is 12.5. The van der Waals surface area contributed by atoms with Gasteiger partial charge in [-0.1, -0.05) is 54.6 Å². The fraction of sp³-hybridized carbons (Fsp3) is 0.350. The molecular weight excluding hydrogens is 300 g/mol. The molecule has 0 radical (unpaired) electrons. The molecular formula is C20H24N2O2. The first-order valence-electron chi connectivity index (χ1n) is 8.37. The summed E-state index contributed by atoms with van der Waals surface area (Å²) in [6, 6.07) is 18.1. The van der Waals surface area contributed by atoms with Gasteiger partial charge in [-0.3, -0.25) is 10.1 Å². The molecule has 126 valence electrons. The van der Waals surface area contributed by atoms with Gasteiger partial charge in [0.05, 0.1) is 18.7 Å². The Morgan fingerprint density at radius 1 is 1.17 bits per heavy atom. The Labute approximate surface area is 143 Å². The van der Waals surface area contributed by atoms with Crippen molar-refractivity contribution in [1.82, 2.24) is 10.2 Å². The third kappa shape index (κ3) is 3.35. The standard InChI is InChI=1S/C20H24N2O2/c1-22(14-16-7-3-2-4-8-16)19(24)13-21-20(15-23)12-11-17-9-5-6-10-18(17)20/h2-10,21,23H,11-15H2,1H3. The molecule has 1 aliphatic rings. The summed E-state index contributed by atoms with van der Waals surface area (Å²) < 4.78 is 0. The highest BCUT2D eigenvalue weighted by Gasteiger charge is 2.38. The van der Waals surface area contributed by atoms with Crippen molar-refractivity contribution < 1.29 is 9.90 Å². The van der Waals surface area contributed by atoms with Crippen LogP contribution in [0.2, 0.25) is 0 Å². The van der Waals surface area contributed by atoms with Crippen molar-refractivity contribution in [2.75, 3.05) is 20.2 Å². The second-order valence-electron chi connectivity index (χ2n) is 6.49. The molecule has 0 aliphatic heterocycles. The molecule has 0 saturated heterocycles. The minimum Gasteiger partial charge on any atom is -0.394 e. The van der Waals surface area contributed by atoms with E-state index >= 15 is 0 Å². The number of aliphatic hydroxyl groups is 1. The maximum atomic E-state index is 12.5. The van der Waals surface area contributed by atoms with Crippen LogP contribution in [0, 0.1) is 0 Å². The highest BCUT2D eigenvalue weighted by molar-refractivity contribution is 5.78. The summed E-state index contributed by atoms with van der Waals surface area (Å²) in [5, 5.41) is 13.3. The van der Waals surface area contributed by atoms with E-state index in [9.17, 15) is 9.90 Å². The van der Waals surface area contributed by atoms with Gasteiger partial charge in [0.1, 0.15) is 0 Å². The number of carbonyl (C=O) groups excluding carboxylic acids is 1. The Kier molecular flexibility index (Phi) is 4.97. The predicted molar refractivity (Wildman–Crippen MR) is 94.4 cm³/mol. The molecule has 1 aliphatic carbocycles. The fourth-order valence-electron chi connectivity index (χ4n) is 3.42. The second-order valence-corrected chi connectivity index (χ2v) is 6.49. The maximum Gasteiger partial charge on any atom is 0.236 e. The minimum atomic E-state index is -0.500. The zero-order chi connectivity index (χ0) is 17.0. The van der Waals surface area contributed by atoms with Crippen LogP contribution >= 0.6 is 0 Å². The topological polar surface area (TPSA) is 52.6 Å². The van der Waals surface area contributed by atoms with Gasteiger partial charge in [0.25, 0.3) is 0 Å². The molecule has 0 fully saturated rings. The van der Waals surface area contributed by atoms with Crippen molar-refractivity contribution in [3.8, 4) is 0 Å². The van der Waals surface area contributed by atoms with Gasteiger partial charge in [-0.15, -0.1) is 0 Å². The molecule has 2 N–H and O–H groups in total. The van der Waals surface area contributed by atoms with Crippen molar-refractivity contribution in [2.24, 2.45) is 0 Å². The Morgan fingerprint density at radius 3 is 2.62 bits per heavy atom. The van der Waals surface area contributed by atoms with E-state index in [2.05, 4.69) is 11.4 Å². The lowest BCUT2D eigenvalue weighted by atomic mass is 9.92. The quantitative estimate of drug-likeness (QED) is 0.855. The first kappa shape index (κ1) is 16.7. The molecule has 24 heavy (non-hydrogen) atoms. The van der Waals surface area contributed by atoms with E-state index in [0.717, 1.165) is 24.0 Å². The van der Waals surface area contributed by atoms with Crippen LogP contribution in [0.5, 0.6) is 0 Å². The average Bonchev–Trinajstić information content (AvgIpc) is 3.00. The number of fused-ring (bicyclic) bond motifs is 1. The second kappa shape index (κ2) is 7.16. The van der Waals surface area contributed by atoms with Crippen molar-refractivity contribution >= 4 is 5.91 Å². The molecule has 3 rings (SSSR count). The van der Waals surface area contributed by atoms with Gasteiger partial charge >= 0.3 is 0 Å². The molecule has 0 saturated carbocycles. The van der Waals surface area contributed by atoms with Crippen LogP contribution in [0.15, 0.2) is 54.6 Å². The molecule has 2 aromatic carbocycles. The molecule has 0 aromatic heterocycles. The number of benzene rings is 2. The number of nitrogens with zero attached hydrogens (tertiary/aromatic N) is 1. The van der Waals surface area contributed by atoms with Gasteiger partial charge in [-0.05, 0) is 29.5 Å². The van der Waals surface area contributed by atoms with Crippen molar-refractivity contribution in [1.29, 1.82) is 0 Å². The largest absolute Gasteiger partial charge is 0.394 e. The minimum absolute atomic E-state index is 0.000305. The van der Waals surface area contributed by atoms with E-state index in [-0.39, 0.29) is 19.1 Å². The summed E-state index contributed by atoms with van der Waals surface area (Å²) in [6.45, 7) is 0.808. The van der Waals surface area contributed by atoms with Gasteiger partial charge in [-0.2, -0.15) is 0 Å². The molecule has 0 heterocycles. The number of hydrogen-bond donors (Lipinski definition) is 2. The predicted octanol–water partition coefficient (Wildman–Crippen LogP) is 2.07. The Balaban J connectivity index is 1.63. The van der Waals surface area contributed by atoms with E-state index in [1.807, 2.05) is 55.6 Å². The van der Waals surface area contributed by atoms with Crippen LogP contribution in [0.1, 0.15) is 23.1 Å². The number of carbonyl (C=O) groups is 1. The van der Waals surface area contributed by atoms with Crippen LogP contribution in [-0.4, -0.2) is 36.1 Å². The van der Waals surface area contributed by atoms with E-state index in [4.69, 9.17) is 0 Å². The summed E-state index contributed by atoms with van der Waals surface area (Å²) in [4.78, 5) is 14.2. The Hall–Kier alpha value is -2.17. The molecule has 0 spiro atoms. The lowest BCUT2D eigenvalue weighted by Crippen LogP contribution is -2.48. The van der Waals surface area contributed by atoms with Gasteiger partial charge in [0.2, 0.25) is 5.91 Å². The third-order valence-electron chi connectivity index (χ3n) is 4.89. The smallest absolute Gasteiger partial charge is 0.236 e. The fourth-order valence-corrected chi connectivity index (χ4v) is 3.42. The molecule has 1 atom stereocenters. The third-order valence-corrected chi connectivity index (χ3v) is 4.89. The number of aryl methyl sites for hydroxylation is 1. The molecule has 4 heteroatoms. The highest BCUT2D eigenvalue weighted by atomic mass is 16.3. The van der Waals surface area contributed by atoms with Crippen LogP contribution in [-0.2, 0) is 23.3 Å². The number of amides is 1. The molecule has 0 bridgehead atoms. The van der Waals surface area contributed by atoms with Gasteiger partial charge in [-0.25, -0.2) is 0 Å². The number of aliphatic hydroxyl groups excluding tert-OH is 1. The van der Waals surface area contributed by atoms with E-state index in [1.54, 1.807) is 4.90 Å². The monoisotopic (exact) mass is 324 g/mol. The van der Waals surface area contributed by atoms with Crippen molar-refractivity contribution in [3.05, 3.63) is 71.3 Å². The molecule has 1 amide bonds. The van der Waals surface area contributed by atoms with Crippen LogP contribution in [0.3, 0.4) is 0 Å². The van der Waals surface area contributed by atoms with E-state index in [0.29, 0.717) is 6.54 Å². The first-order chi connectivity index (χ1) is 11.6. The van der Waals surface area contributed by atoms with Gasteiger partial charge in [0.15, 0.2) is 0 Å². The zero-order valence-corrected chi connectivity index (χ0v) is 14.0. The Morgan fingerprint density at radius 2 is 1.88 bits per heavy atom. The number of likely N-dealkylation sites (N-methyl/N-ethyl adjacent to an activating group) is 1. The number of hydrogen-bond acceptors (Lipinski definition) is 3.